The lowest BCUT2D eigenvalue weighted by atomic mass is 9.60. The summed E-state index contributed by atoms with van der Waals surface area (Å²) in [5.41, 5.74) is 5.25. The molecule has 51 heavy (non-hydrogen) atoms. The lowest BCUT2D eigenvalue weighted by Crippen LogP contribution is -2.68. The Morgan fingerprint density at radius 1 is 1.06 bits per heavy atom. The highest BCUT2D eigenvalue weighted by atomic mass is 16.7. The Balaban J connectivity index is 0.902. The summed E-state index contributed by atoms with van der Waals surface area (Å²) < 4.78 is 16.5. The average molecular weight is 697 g/mol. The molecule has 3 fully saturated rings. The van der Waals surface area contributed by atoms with Gasteiger partial charge in [-0.3, -0.25) is 0 Å². The predicted octanol–water partition coefficient (Wildman–Crippen LogP) is 5.07. The van der Waals surface area contributed by atoms with Gasteiger partial charge in [0, 0.05) is 79.2 Å². The van der Waals surface area contributed by atoms with Crippen molar-refractivity contribution in [3.63, 3.8) is 0 Å². The number of aliphatic hydroxyl groups excluding tert-OH is 1. The number of anilines is 1. The maximum Gasteiger partial charge on any atom is 0.410 e. The smallest absolute Gasteiger partial charge is 0.410 e. The van der Waals surface area contributed by atoms with Gasteiger partial charge in [0.1, 0.15) is 11.4 Å². The van der Waals surface area contributed by atoms with E-state index in [9.17, 15) is 9.90 Å². The van der Waals surface area contributed by atoms with Gasteiger partial charge < -0.3 is 39.0 Å². The third-order valence-electron chi connectivity index (χ3n) is 11.1. The number of carbonyl (C=O) groups is 1. The summed E-state index contributed by atoms with van der Waals surface area (Å²) >= 11 is 0. The summed E-state index contributed by atoms with van der Waals surface area (Å²) in [6, 6.07) is 9.99. The molecule has 13 heteroatoms. The number of nitrogens with one attached hydrogen (secondary N) is 1. The van der Waals surface area contributed by atoms with Crippen LogP contribution in [0.15, 0.2) is 42.7 Å². The molecule has 270 valence electrons. The molecule has 1 spiro atoms. The zero-order valence-electron chi connectivity index (χ0n) is 30.0. The Bertz CT molecular complexity index is 1870. The number of rotatable bonds is 8. The summed E-state index contributed by atoms with van der Waals surface area (Å²) in [7, 11) is 1.59. The molecule has 4 aromatic rings. The van der Waals surface area contributed by atoms with E-state index >= 15 is 0 Å². The first-order valence-corrected chi connectivity index (χ1v) is 18.1. The second-order valence-electron chi connectivity index (χ2n) is 15.7. The molecule has 3 aliphatic heterocycles. The fourth-order valence-electron chi connectivity index (χ4n) is 8.63. The molecular weight excluding hydrogens is 648 g/mol. The molecule has 2 saturated heterocycles. The fraction of sp³-hybridized carbons (Fsp3) is 0.553. The zero-order chi connectivity index (χ0) is 35.3. The van der Waals surface area contributed by atoms with Crippen LogP contribution in [0.4, 0.5) is 10.7 Å². The number of amides is 1. The van der Waals surface area contributed by atoms with E-state index < -0.39 is 5.60 Å². The Hall–Kier alpha value is -4.33. The predicted molar refractivity (Wildman–Crippen MR) is 192 cm³/mol. The number of piperidine rings is 1. The van der Waals surface area contributed by atoms with Gasteiger partial charge in [-0.25, -0.2) is 14.8 Å². The molecule has 0 bridgehead atoms. The van der Waals surface area contributed by atoms with E-state index in [-0.39, 0.29) is 30.9 Å². The number of hydrogen-bond donors (Lipinski definition) is 2. The Morgan fingerprint density at radius 3 is 2.51 bits per heavy atom. The molecule has 1 aromatic carbocycles. The van der Waals surface area contributed by atoms with E-state index in [0.717, 1.165) is 67.6 Å². The molecule has 13 nitrogen and oxygen atoms in total. The number of likely N-dealkylation sites (tertiary alicyclic amines) is 2. The number of fused-ring (bicyclic) bond motifs is 3. The van der Waals surface area contributed by atoms with E-state index in [4.69, 9.17) is 24.2 Å². The number of aromatic amines is 1. The van der Waals surface area contributed by atoms with Crippen molar-refractivity contribution in [2.24, 2.45) is 5.41 Å². The SMILES string of the molecule is COCOc1ccccc1-c1cc2c3c([nH]c2nn1)CCN(c1ncc(C2CCN(C4CC5(C4)CN(C(=O)OC(C)(C)C)C5)CC2)cn1)[C@H]3CO. The van der Waals surface area contributed by atoms with Gasteiger partial charge in [0.2, 0.25) is 5.95 Å². The molecule has 2 N–H and O–H groups in total. The lowest BCUT2D eigenvalue weighted by molar-refractivity contribution is -0.110. The number of nitrogens with zero attached hydrogens (tertiary/aromatic N) is 7. The van der Waals surface area contributed by atoms with Crippen LogP contribution in [0, 0.1) is 5.41 Å². The van der Waals surface area contributed by atoms with Crippen LogP contribution in [0.1, 0.15) is 75.2 Å². The first-order valence-electron chi connectivity index (χ1n) is 18.1. The number of para-hydroxylation sites is 1. The van der Waals surface area contributed by atoms with Crippen molar-refractivity contribution in [2.45, 2.75) is 76.5 Å². The number of ether oxygens (including phenoxy) is 3. The van der Waals surface area contributed by atoms with Crippen molar-refractivity contribution >= 4 is 23.1 Å². The summed E-state index contributed by atoms with van der Waals surface area (Å²) in [6.45, 7) is 10.2. The van der Waals surface area contributed by atoms with Gasteiger partial charge in [-0.15, -0.1) is 10.2 Å². The lowest BCUT2D eigenvalue weighted by Gasteiger charge is -2.61. The van der Waals surface area contributed by atoms with Crippen molar-refractivity contribution in [1.82, 2.24) is 34.9 Å². The van der Waals surface area contributed by atoms with Gasteiger partial charge in [0.25, 0.3) is 0 Å². The van der Waals surface area contributed by atoms with Gasteiger partial charge in [0.05, 0.1) is 18.3 Å². The zero-order valence-corrected chi connectivity index (χ0v) is 30.0. The fourth-order valence-corrected chi connectivity index (χ4v) is 8.63. The highest BCUT2D eigenvalue weighted by Gasteiger charge is 2.55. The maximum absolute atomic E-state index is 12.4. The Labute approximate surface area is 298 Å². The second kappa shape index (κ2) is 13.3. The first-order chi connectivity index (χ1) is 24.6. The van der Waals surface area contributed by atoms with Gasteiger partial charge in [-0.2, -0.15) is 0 Å². The number of benzene rings is 1. The topological polar surface area (TPSA) is 142 Å². The third kappa shape index (κ3) is 6.51. The normalized spacial score (nSPS) is 21.0. The molecular formula is C38H48N8O5. The van der Waals surface area contributed by atoms with Crippen molar-refractivity contribution in [3.8, 4) is 17.0 Å². The summed E-state index contributed by atoms with van der Waals surface area (Å²) in [5, 5.41) is 20.7. The van der Waals surface area contributed by atoms with Gasteiger partial charge in [-0.05, 0) is 89.2 Å². The number of methoxy groups -OCH3 is 1. The summed E-state index contributed by atoms with van der Waals surface area (Å²) in [6.07, 6.45) is 9.03. The monoisotopic (exact) mass is 696 g/mol. The number of aliphatic hydroxyl groups is 1. The van der Waals surface area contributed by atoms with Crippen molar-refractivity contribution < 1.29 is 24.1 Å². The van der Waals surface area contributed by atoms with E-state index in [0.29, 0.717) is 41.5 Å². The van der Waals surface area contributed by atoms with Crippen LogP contribution >= 0.6 is 0 Å². The molecule has 4 aliphatic rings. The standard InChI is InChI=1S/C38H48N8O5/c1-37(2,3)51-36(48)45-21-38(22-45)16-26(17-38)44-12-9-24(10-13-44)25-18-39-35(40-19-25)46-14-11-29-33(31(46)20-47)28-15-30(42-43-34(28)41-29)27-7-5-6-8-32(27)50-23-49-4/h5-8,15,18-19,24,26,31,47H,9-14,16-17,20-23H2,1-4H3,(H,41,43)/t31-/m0/s1. The first kappa shape index (κ1) is 33.8. The van der Waals surface area contributed by atoms with E-state index in [1.807, 2.05) is 68.4 Å². The van der Waals surface area contributed by atoms with E-state index in [1.54, 1.807) is 7.11 Å². The van der Waals surface area contributed by atoms with E-state index in [1.165, 1.54) is 18.4 Å². The number of aromatic nitrogens is 5. The quantitative estimate of drug-likeness (QED) is 0.239. The molecule has 1 aliphatic carbocycles. The second-order valence-corrected chi connectivity index (χ2v) is 15.7. The molecule has 1 saturated carbocycles. The highest BCUT2D eigenvalue weighted by Crippen LogP contribution is 2.51. The minimum atomic E-state index is -0.453. The molecule has 0 radical (unpaired) electrons. The van der Waals surface area contributed by atoms with Crippen LogP contribution in [0.5, 0.6) is 5.75 Å². The molecule has 3 aromatic heterocycles. The maximum atomic E-state index is 12.4. The minimum Gasteiger partial charge on any atom is -0.467 e. The van der Waals surface area contributed by atoms with Crippen LogP contribution in [-0.4, -0.2) is 111 Å². The van der Waals surface area contributed by atoms with Crippen LogP contribution in [-0.2, 0) is 15.9 Å². The Kier molecular flexibility index (Phi) is 8.84. The van der Waals surface area contributed by atoms with Crippen molar-refractivity contribution in [1.29, 1.82) is 0 Å². The molecule has 1 amide bonds. The van der Waals surface area contributed by atoms with Crippen LogP contribution in [0.25, 0.3) is 22.3 Å². The number of carbonyl (C=O) groups excluding carboxylic acids is 1. The van der Waals surface area contributed by atoms with Gasteiger partial charge in [0.15, 0.2) is 12.4 Å². The van der Waals surface area contributed by atoms with Crippen molar-refractivity contribution in [2.75, 3.05) is 58.1 Å². The molecule has 1 atom stereocenters. The average Bonchev–Trinajstić information content (AvgIpc) is 3.47. The largest absolute Gasteiger partial charge is 0.467 e. The number of H-pyrrole nitrogens is 1. The summed E-state index contributed by atoms with van der Waals surface area (Å²) in [4.78, 5) is 32.2. The Morgan fingerprint density at radius 2 is 1.80 bits per heavy atom. The summed E-state index contributed by atoms with van der Waals surface area (Å²) in [5.74, 6) is 1.71. The molecule has 6 heterocycles. The third-order valence-corrected chi connectivity index (χ3v) is 11.1. The van der Waals surface area contributed by atoms with E-state index in [2.05, 4.69) is 25.0 Å². The van der Waals surface area contributed by atoms with Crippen LogP contribution < -0.4 is 9.64 Å². The van der Waals surface area contributed by atoms with Crippen molar-refractivity contribution in [3.05, 3.63) is 59.5 Å². The van der Waals surface area contributed by atoms with Crippen LogP contribution in [0.3, 0.4) is 0 Å². The van der Waals surface area contributed by atoms with Gasteiger partial charge >= 0.3 is 6.09 Å². The molecule has 0 unspecified atom stereocenters. The minimum absolute atomic E-state index is 0.0871. The van der Waals surface area contributed by atoms with Crippen LogP contribution in [0.2, 0.25) is 0 Å². The van der Waals surface area contributed by atoms with Gasteiger partial charge in [-0.1, -0.05) is 12.1 Å². The molecule has 8 rings (SSSR count). The highest BCUT2D eigenvalue weighted by molar-refractivity contribution is 5.86. The number of hydrogen-bond acceptors (Lipinski definition) is 11.